The molecule has 0 saturated heterocycles. The van der Waals surface area contributed by atoms with Crippen molar-refractivity contribution in [2.24, 2.45) is 5.10 Å². The molecule has 0 atom stereocenters. The lowest BCUT2D eigenvalue weighted by Crippen LogP contribution is -2.19. The van der Waals surface area contributed by atoms with E-state index in [1.54, 1.807) is 24.3 Å². The molecule has 1 amide bonds. The van der Waals surface area contributed by atoms with E-state index < -0.39 is 11.9 Å². The second-order valence-corrected chi connectivity index (χ2v) is 11.9. The number of aryl methyl sites for hydroxylation is 1. The number of amides is 1. The molecule has 0 aliphatic heterocycles. The predicted molar refractivity (Wildman–Crippen MR) is 172 cm³/mol. The summed E-state index contributed by atoms with van der Waals surface area (Å²) in [7, 11) is 0. The maximum absolute atomic E-state index is 13.4. The van der Waals surface area contributed by atoms with Gasteiger partial charge in [-0.05, 0) is 64.8 Å². The molecule has 206 valence electrons. The maximum atomic E-state index is 13.4. The average Bonchev–Trinajstić information content (AvgIpc) is 3.31. The van der Waals surface area contributed by atoms with Crippen LogP contribution in [-0.4, -0.2) is 23.1 Å². The minimum Gasteiger partial charge on any atom is -0.421 e. The Morgan fingerprint density at radius 2 is 1.73 bits per heavy atom. The molecule has 2 N–H and O–H groups in total. The summed E-state index contributed by atoms with van der Waals surface area (Å²) in [6.07, 6.45) is 1.38. The molecule has 0 spiro atoms. The molecule has 0 radical (unpaired) electrons. The summed E-state index contributed by atoms with van der Waals surface area (Å²) in [5, 5.41) is 6.08. The molecule has 0 unspecified atom stereocenters. The van der Waals surface area contributed by atoms with Crippen LogP contribution in [0.5, 0.6) is 5.75 Å². The summed E-state index contributed by atoms with van der Waals surface area (Å²) < 4.78 is 6.83. The minimum atomic E-state index is -0.689. The lowest BCUT2D eigenvalue weighted by Gasteiger charge is -2.11. The molecule has 0 aliphatic rings. The molecule has 4 aromatic carbocycles. The number of nitrogens with one attached hydrogen (secondary N) is 2. The van der Waals surface area contributed by atoms with Crippen LogP contribution >= 0.6 is 66.7 Å². The van der Waals surface area contributed by atoms with E-state index in [4.69, 9.17) is 39.5 Å². The van der Waals surface area contributed by atoms with Crippen LogP contribution in [0.25, 0.3) is 22.0 Å². The Morgan fingerprint density at radius 1 is 0.951 bits per heavy atom. The molecule has 0 fully saturated rings. The van der Waals surface area contributed by atoms with Gasteiger partial charge in [-0.3, -0.25) is 4.79 Å². The largest absolute Gasteiger partial charge is 0.421 e. The number of fused-ring (bicyclic) bond motifs is 1. The van der Waals surface area contributed by atoms with Gasteiger partial charge in [-0.1, -0.05) is 87.1 Å². The van der Waals surface area contributed by atoms with Gasteiger partial charge in [-0.2, -0.15) is 5.10 Å². The van der Waals surface area contributed by atoms with Crippen LogP contribution in [0.1, 0.15) is 32.0 Å². The molecule has 5 aromatic rings. The van der Waals surface area contributed by atoms with Crippen LogP contribution in [0.15, 0.2) is 86.8 Å². The fraction of sp³-hybridized carbons (Fsp3) is 0.0333. The van der Waals surface area contributed by atoms with Crippen molar-refractivity contribution in [3.8, 4) is 16.9 Å². The number of hydrogen-bond acceptors (Lipinski definition) is 4. The minimum absolute atomic E-state index is 0.142. The molecule has 41 heavy (non-hydrogen) atoms. The topological polar surface area (TPSA) is 83.5 Å². The Bertz CT molecular complexity index is 1870. The van der Waals surface area contributed by atoms with Crippen LogP contribution in [0.3, 0.4) is 0 Å². The summed E-state index contributed by atoms with van der Waals surface area (Å²) in [6.45, 7) is 1.96. The molecule has 1 aromatic heterocycles. The summed E-state index contributed by atoms with van der Waals surface area (Å²) in [4.78, 5) is 29.6. The number of benzene rings is 4. The number of esters is 1. The van der Waals surface area contributed by atoms with Crippen molar-refractivity contribution in [1.29, 1.82) is 0 Å². The number of aromatic amines is 1. The molecular weight excluding hydrogens is 717 g/mol. The van der Waals surface area contributed by atoms with Crippen molar-refractivity contribution in [1.82, 2.24) is 10.4 Å². The van der Waals surface area contributed by atoms with Gasteiger partial charge < -0.3 is 9.72 Å². The third kappa shape index (κ3) is 6.22. The number of para-hydroxylation sites is 1. The van der Waals surface area contributed by atoms with E-state index in [0.29, 0.717) is 41.4 Å². The zero-order valence-electron chi connectivity index (χ0n) is 21.1. The van der Waals surface area contributed by atoms with Crippen molar-refractivity contribution in [2.45, 2.75) is 6.92 Å². The molecule has 0 bridgehead atoms. The van der Waals surface area contributed by atoms with Crippen LogP contribution in [-0.2, 0) is 0 Å². The Hall–Kier alpha value is -3.14. The highest BCUT2D eigenvalue weighted by molar-refractivity contribution is 9.11. The Morgan fingerprint density at radius 3 is 2.49 bits per heavy atom. The van der Waals surface area contributed by atoms with E-state index in [0.717, 1.165) is 16.5 Å². The first-order chi connectivity index (χ1) is 19.6. The maximum Gasteiger partial charge on any atom is 0.345 e. The van der Waals surface area contributed by atoms with Gasteiger partial charge in [-0.25, -0.2) is 10.2 Å². The molecule has 6 nitrogen and oxygen atoms in total. The van der Waals surface area contributed by atoms with Crippen molar-refractivity contribution in [2.75, 3.05) is 0 Å². The van der Waals surface area contributed by atoms with Gasteiger partial charge in [0.05, 0.1) is 21.3 Å². The summed E-state index contributed by atoms with van der Waals surface area (Å²) in [5.74, 6) is -0.987. The number of carbonyl (C=O) groups is 2. The summed E-state index contributed by atoms with van der Waals surface area (Å²) >= 11 is 25.5. The number of hydrazone groups is 1. The van der Waals surface area contributed by atoms with Crippen LogP contribution < -0.4 is 10.2 Å². The lowest BCUT2D eigenvalue weighted by atomic mass is 10.0. The zero-order chi connectivity index (χ0) is 29.3. The first-order valence-corrected chi connectivity index (χ1v) is 14.7. The number of hydrogen-bond donors (Lipinski definition) is 2. The first kappa shape index (κ1) is 29.4. The van der Waals surface area contributed by atoms with Gasteiger partial charge in [0.1, 0.15) is 5.69 Å². The molecule has 11 heteroatoms. The highest BCUT2D eigenvalue weighted by Crippen LogP contribution is 2.38. The fourth-order valence-corrected chi connectivity index (χ4v) is 6.34. The highest BCUT2D eigenvalue weighted by atomic mass is 79.9. The number of carbonyl (C=O) groups excluding carboxylic acids is 2. The Labute approximate surface area is 266 Å². The number of halogens is 5. The van der Waals surface area contributed by atoms with Gasteiger partial charge in [0.15, 0.2) is 5.75 Å². The molecule has 5 rings (SSSR count). The quantitative estimate of drug-likeness (QED) is 0.0789. The molecule has 0 aliphatic carbocycles. The van der Waals surface area contributed by atoms with Gasteiger partial charge in [0, 0.05) is 42.1 Å². The van der Waals surface area contributed by atoms with E-state index in [1.165, 1.54) is 18.3 Å². The van der Waals surface area contributed by atoms with Gasteiger partial charge in [-0.15, -0.1) is 0 Å². The molecule has 0 saturated carbocycles. The second-order valence-electron chi connectivity index (χ2n) is 8.87. The van der Waals surface area contributed by atoms with Gasteiger partial charge in [0.2, 0.25) is 0 Å². The number of nitrogens with zero attached hydrogens (tertiary/aromatic N) is 1. The molecular formula is C30H18Br2Cl3N3O3. The lowest BCUT2D eigenvalue weighted by molar-refractivity contribution is 0.0733. The smallest absolute Gasteiger partial charge is 0.345 e. The fourth-order valence-electron chi connectivity index (χ4n) is 4.28. The van der Waals surface area contributed by atoms with Crippen LogP contribution in [0.4, 0.5) is 0 Å². The van der Waals surface area contributed by atoms with Crippen molar-refractivity contribution < 1.29 is 14.3 Å². The standard InChI is InChI=1S/C30H18Br2Cl3N3O3/c1-15-5-4-7-21-25(19-6-2-3-8-23(19)34)27(37-26(15)21)29(39)38-36-14-16-11-17(31)12-22(32)28(16)41-30(40)20-10-9-18(33)13-24(20)35/h2-14,37H,1H3,(H,38,39). The van der Waals surface area contributed by atoms with Crippen LogP contribution in [0.2, 0.25) is 15.1 Å². The summed E-state index contributed by atoms with van der Waals surface area (Å²) in [6, 6.07) is 21.0. The monoisotopic (exact) mass is 731 g/mol. The average molecular weight is 735 g/mol. The third-order valence-electron chi connectivity index (χ3n) is 6.17. The van der Waals surface area contributed by atoms with E-state index >= 15 is 0 Å². The Kier molecular flexibility index (Phi) is 8.87. The van der Waals surface area contributed by atoms with Gasteiger partial charge >= 0.3 is 5.97 Å². The number of aromatic nitrogens is 1. The van der Waals surface area contributed by atoms with Crippen molar-refractivity contribution in [3.63, 3.8) is 0 Å². The normalized spacial score (nSPS) is 11.3. The Balaban J connectivity index is 1.46. The van der Waals surface area contributed by atoms with Crippen LogP contribution in [0, 0.1) is 6.92 Å². The first-order valence-electron chi connectivity index (χ1n) is 12.0. The van der Waals surface area contributed by atoms with E-state index in [-0.39, 0.29) is 16.3 Å². The SMILES string of the molecule is Cc1cccc2c(-c3ccccc3Cl)c(C(=O)NN=Cc3cc(Br)cc(Br)c3OC(=O)c3ccc(Cl)cc3Cl)[nH]c12. The van der Waals surface area contributed by atoms with E-state index in [1.807, 2.05) is 43.3 Å². The number of rotatable bonds is 6. The zero-order valence-corrected chi connectivity index (χ0v) is 26.5. The van der Waals surface area contributed by atoms with Crippen molar-refractivity contribution >= 4 is 95.7 Å². The number of ether oxygens (including phenoxy) is 1. The van der Waals surface area contributed by atoms with E-state index in [2.05, 4.69) is 47.4 Å². The second kappa shape index (κ2) is 12.4. The van der Waals surface area contributed by atoms with Crippen molar-refractivity contribution in [3.05, 3.63) is 119 Å². The number of H-pyrrole nitrogens is 1. The summed E-state index contributed by atoms with van der Waals surface area (Å²) in [5.41, 5.74) is 6.61. The molecule has 1 heterocycles. The highest BCUT2D eigenvalue weighted by Gasteiger charge is 2.22. The van der Waals surface area contributed by atoms with E-state index in [9.17, 15) is 9.59 Å². The third-order valence-corrected chi connectivity index (χ3v) is 8.09. The van der Waals surface area contributed by atoms with Gasteiger partial charge in [0.25, 0.3) is 5.91 Å². The predicted octanol–water partition coefficient (Wildman–Crippen LogP) is 9.61.